The number of benzene rings is 3. The molecule has 168 valence electrons. The number of halogens is 1. The zero-order valence-corrected chi connectivity index (χ0v) is 18.0. The Labute approximate surface area is 190 Å². The number of nitrogens with one attached hydrogen (secondary N) is 2. The van der Waals surface area contributed by atoms with Crippen LogP contribution in [-0.2, 0) is 11.3 Å². The van der Waals surface area contributed by atoms with E-state index in [1.807, 2.05) is 38.1 Å². The molecule has 0 bridgehead atoms. The third kappa shape index (κ3) is 5.07. The van der Waals surface area contributed by atoms with Crippen molar-refractivity contribution >= 4 is 35.0 Å². The summed E-state index contributed by atoms with van der Waals surface area (Å²) in [6.07, 6.45) is 1.66. The molecule has 4 rings (SSSR count). The standard InChI is InChI=1S/C24H21FN4O2.CH2O/c1-15(27-13-16-3-7-19(26-2)8-4-16)21-11-17(24(30)31)12-23-22(21)14-28-29(23)20-9-5-18(25)6-10-20;1-2/h3-12,14,26-27H,1,13H2,2H3,(H,30,31);1H2. The lowest BCUT2D eigenvalue weighted by Gasteiger charge is -2.13. The average molecular weight is 446 g/mol. The molecule has 0 aliphatic heterocycles. The number of rotatable bonds is 7. The van der Waals surface area contributed by atoms with E-state index < -0.39 is 5.97 Å². The van der Waals surface area contributed by atoms with Crippen molar-refractivity contribution < 1.29 is 19.1 Å². The first-order chi connectivity index (χ1) is 16.0. The average Bonchev–Trinajstić information content (AvgIpc) is 3.28. The summed E-state index contributed by atoms with van der Waals surface area (Å²) in [7, 11) is 1.86. The van der Waals surface area contributed by atoms with Crippen molar-refractivity contribution in [2.75, 3.05) is 12.4 Å². The minimum Gasteiger partial charge on any atom is -0.478 e. The van der Waals surface area contributed by atoms with E-state index in [2.05, 4.69) is 22.3 Å². The Kier molecular flexibility index (Phi) is 7.20. The number of carbonyl (C=O) groups excluding carboxylic acids is 1. The van der Waals surface area contributed by atoms with Gasteiger partial charge in [-0.2, -0.15) is 5.10 Å². The molecule has 4 aromatic rings. The maximum absolute atomic E-state index is 13.3. The van der Waals surface area contributed by atoms with Crippen LogP contribution in [0.1, 0.15) is 21.5 Å². The molecule has 0 unspecified atom stereocenters. The molecule has 1 aromatic heterocycles. The van der Waals surface area contributed by atoms with Crippen molar-refractivity contribution in [2.24, 2.45) is 0 Å². The maximum Gasteiger partial charge on any atom is 0.335 e. The zero-order valence-electron chi connectivity index (χ0n) is 18.0. The van der Waals surface area contributed by atoms with E-state index in [4.69, 9.17) is 4.79 Å². The molecule has 33 heavy (non-hydrogen) atoms. The molecule has 3 aromatic carbocycles. The van der Waals surface area contributed by atoms with E-state index >= 15 is 0 Å². The number of aromatic carboxylic acids is 1. The van der Waals surface area contributed by atoms with Crippen LogP contribution in [-0.4, -0.2) is 34.7 Å². The van der Waals surface area contributed by atoms with Gasteiger partial charge in [0.05, 0.1) is 23.0 Å². The number of hydrogen-bond donors (Lipinski definition) is 3. The van der Waals surface area contributed by atoms with Gasteiger partial charge < -0.3 is 20.5 Å². The predicted molar refractivity (Wildman–Crippen MR) is 127 cm³/mol. The van der Waals surface area contributed by atoms with Gasteiger partial charge >= 0.3 is 5.97 Å². The molecule has 3 N–H and O–H groups in total. The zero-order chi connectivity index (χ0) is 24.0. The Bertz CT molecular complexity index is 1280. The summed E-state index contributed by atoms with van der Waals surface area (Å²) in [5.41, 5.74) is 4.67. The van der Waals surface area contributed by atoms with Gasteiger partial charge in [-0.15, -0.1) is 0 Å². The Morgan fingerprint density at radius 1 is 1.09 bits per heavy atom. The predicted octanol–water partition coefficient (Wildman–Crippen LogP) is 4.48. The second-order valence-electron chi connectivity index (χ2n) is 7.07. The number of hydrogen-bond acceptors (Lipinski definition) is 5. The van der Waals surface area contributed by atoms with Gasteiger partial charge in [0.25, 0.3) is 0 Å². The van der Waals surface area contributed by atoms with Crippen LogP contribution in [0.3, 0.4) is 0 Å². The van der Waals surface area contributed by atoms with Gasteiger partial charge in [-0.25, -0.2) is 13.9 Å². The van der Waals surface area contributed by atoms with Crippen molar-refractivity contribution in [3.8, 4) is 5.69 Å². The number of aromatic nitrogens is 2. The second kappa shape index (κ2) is 10.2. The molecule has 0 aliphatic carbocycles. The minimum atomic E-state index is -1.05. The van der Waals surface area contributed by atoms with Gasteiger partial charge in [-0.1, -0.05) is 18.7 Å². The third-order valence-electron chi connectivity index (χ3n) is 5.08. The number of carboxylic acids is 1. The summed E-state index contributed by atoms with van der Waals surface area (Å²) < 4.78 is 14.9. The van der Waals surface area contributed by atoms with Crippen LogP contribution in [0.25, 0.3) is 22.3 Å². The van der Waals surface area contributed by atoms with E-state index in [9.17, 15) is 14.3 Å². The lowest BCUT2D eigenvalue weighted by Crippen LogP contribution is -2.12. The van der Waals surface area contributed by atoms with Crippen LogP contribution in [0.4, 0.5) is 10.1 Å². The van der Waals surface area contributed by atoms with E-state index in [0.29, 0.717) is 29.0 Å². The molecular weight excluding hydrogens is 423 g/mol. The molecule has 0 aliphatic rings. The fourth-order valence-corrected chi connectivity index (χ4v) is 3.38. The van der Waals surface area contributed by atoms with Crippen molar-refractivity contribution in [1.82, 2.24) is 15.1 Å². The van der Waals surface area contributed by atoms with Crippen molar-refractivity contribution in [3.63, 3.8) is 0 Å². The van der Waals surface area contributed by atoms with E-state index in [0.717, 1.165) is 16.6 Å². The SMILES string of the molecule is C=C(NCc1ccc(NC)cc1)c1cc(C(=O)O)cc2c1cnn2-c1ccc(F)cc1.C=O. The summed E-state index contributed by atoms with van der Waals surface area (Å²) >= 11 is 0. The highest BCUT2D eigenvalue weighted by molar-refractivity contribution is 5.99. The third-order valence-corrected chi connectivity index (χ3v) is 5.08. The number of nitrogens with zero attached hydrogens (tertiary/aromatic N) is 2. The van der Waals surface area contributed by atoms with Gasteiger partial charge in [0.1, 0.15) is 12.6 Å². The fraction of sp³-hybridized carbons (Fsp3) is 0.0800. The number of anilines is 1. The minimum absolute atomic E-state index is 0.118. The van der Waals surface area contributed by atoms with Crippen molar-refractivity contribution in [3.05, 3.63) is 95.9 Å². The molecule has 0 saturated heterocycles. The van der Waals surface area contributed by atoms with Crippen LogP contribution < -0.4 is 10.6 Å². The second-order valence-corrected chi connectivity index (χ2v) is 7.07. The van der Waals surface area contributed by atoms with Crippen LogP contribution in [0, 0.1) is 5.82 Å². The van der Waals surface area contributed by atoms with Gasteiger partial charge in [0, 0.05) is 35.9 Å². The molecule has 0 atom stereocenters. The normalized spacial score (nSPS) is 10.2. The summed E-state index contributed by atoms with van der Waals surface area (Å²) in [5, 5.41) is 21.1. The Morgan fingerprint density at radius 3 is 2.36 bits per heavy atom. The molecular formula is C25H23FN4O3. The lowest BCUT2D eigenvalue weighted by molar-refractivity contribution is -0.0980. The summed E-state index contributed by atoms with van der Waals surface area (Å²) in [5.74, 6) is -1.40. The highest BCUT2D eigenvalue weighted by Crippen LogP contribution is 2.27. The molecule has 8 heteroatoms. The summed E-state index contributed by atoms with van der Waals surface area (Å²) in [6.45, 7) is 6.65. The molecule has 0 spiro atoms. The van der Waals surface area contributed by atoms with Crippen LogP contribution in [0.5, 0.6) is 0 Å². The first-order valence-electron chi connectivity index (χ1n) is 9.96. The lowest BCUT2D eigenvalue weighted by atomic mass is 10.0. The molecule has 0 amide bonds. The monoisotopic (exact) mass is 446 g/mol. The highest BCUT2D eigenvalue weighted by atomic mass is 19.1. The number of carboxylic acid groups (broad SMARTS) is 1. The van der Waals surface area contributed by atoms with E-state index in [-0.39, 0.29) is 11.4 Å². The quantitative estimate of drug-likeness (QED) is 0.387. The molecule has 7 nitrogen and oxygen atoms in total. The van der Waals surface area contributed by atoms with Crippen LogP contribution in [0.15, 0.2) is 73.4 Å². The van der Waals surface area contributed by atoms with Crippen LogP contribution >= 0.6 is 0 Å². The van der Waals surface area contributed by atoms with E-state index in [1.165, 1.54) is 12.1 Å². The molecule has 0 fully saturated rings. The maximum atomic E-state index is 13.3. The summed E-state index contributed by atoms with van der Waals surface area (Å²) in [6, 6.07) is 17.0. The molecule has 0 radical (unpaired) electrons. The largest absolute Gasteiger partial charge is 0.478 e. The van der Waals surface area contributed by atoms with Gasteiger partial charge in [-0.05, 0) is 54.1 Å². The first kappa shape index (κ1) is 23.2. The Hall–Kier alpha value is -4.46. The Balaban J connectivity index is 0.00000149. The molecule has 0 saturated carbocycles. The van der Waals surface area contributed by atoms with Gasteiger partial charge in [0.2, 0.25) is 0 Å². The van der Waals surface area contributed by atoms with Gasteiger partial charge in [-0.3, -0.25) is 0 Å². The van der Waals surface area contributed by atoms with Crippen LogP contribution in [0.2, 0.25) is 0 Å². The number of fused-ring (bicyclic) bond motifs is 1. The van der Waals surface area contributed by atoms with Gasteiger partial charge in [0.15, 0.2) is 0 Å². The fourth-order valence-electron chi connectivity index (χ4n) is 3.38. The van der Waals surface area contributed by atoms with E-state index in [1.54, 1.807) is 35.1 Å². The van der Waals surface area contributed by atoms with Crippen molar-refractivity contribution in [1.29, 1.82) is 0 Å². The topological polar surface area (TPSA) is 96.2 Å². The smallest absolute Gasteiger partial charge is 0.335 e. The molecule has 1 heterocycles. The first-order valence-corrected chi connectivity index (χ1v) is 9.96. The van der Waals surface area contributed by atoms with Crippen molar-refractivity contribution in [2.45, 2.75) is 6.54 Å². The number of carbonyl (C=O) groups is 2. The summed E-state index contributed by atoms with van der Waals surface area (Å²) in [4.78, 5) is 19.7. The highest BCUT2D eigenvalue weighted by Gasteiger charge is 2.16. The Morgan fingerprint density at radius 2 is 1.76 bits per heavy atom.